The van der Waals surface area contributed by atoms with E-state index in [1.807, 2.05) is 12.1 Å². The minimum atomic E-state index is -0.759. The topological polar surface area (TPSA) is 101 Å². The van der Waals surface area contributed by atoms with Crippen LogP contribution in [0.3, 0.4) is 0 Å². The predicted molar refractivity (Wildman–Crippen MR) is 124 cm³/mol. The van der Waals surface area contributed by atoms with Gasteiger partial charge in [0, 0.05) is 30.5 Å². The zero-order valence-corrected chi connectivity index (χ0v) is 19.1. The highest BCUT2D eigenvalue weighted by molar-refractivity contribution is 5.94. The number of aliphatic hydroxyl groups excluding tert-OH is 1. The zero-order chi connectivity index (χ0) is 23.5. The summed E-state index contributed by atoms with van der Waals surface area (Å²) in [5.74, 6) is -0.160. The van der Waals surface area contributed by atoms with E-state index in [0.29, 0.717) is 18.4 Å². The van der Waals surface area contributed by atoms with Crippen LogP contribution in [0.2, 0.25) is 0 Å². The first-order valence-electron chi connectivity index (χ1n) is 12.0. The SMILES string of the molecule is O=C(C[C@@H]1CC[C@H]2[C@@H](COC[C@@H](O)CN2C(=O)c2ccncc2)O1)NC1Cc2ccccc2C1. The van der Waals surface area contributed by atoms with Gasteiger partial charge in [-0.3, -0.25) is 14.6 Å². The fourth-order valence-electron chi connectivity index (χ4n) is 5.39. The molecule has 180 valence electrons. The van der Waals surface area contributed by atoms with Gasteiger partial charge in [0.15, 0.2) is 0 Å². The average Bonchev–Trinajstić information content (AvgIpc) is 3.24. The number of carbonyl (C=O) groups is 2. The quantitative estimate of drug-likeness (QED) is 0.710. The van der Waals surface area contributed by atoms with Crippen LogP contribution in [0.25, 0.3) is 0 Å². The number of nitrogens with zero attached hydrogens (tertiary/aromatic N) is 2. The van der Waals surface area contributed by atoms with Crippen LogP contribution in [0.5, 0.6) is 0 Å². The molecule has 0 unspecified atom stereocenters. The van der Waals surface area contributed by atoms with E-state index in [1.165, 1.54) is 11.1 Å². The smallest absolute Gasteiger partial charge is 0.254 e. The van der Waals surface area contributed by atoms with Gasteiger partial charge in [-0.25, -0.2) is 0 Å². The summed E-state index contributed by atoms with van der Waals surface area (Å²) in [6.45, 7) is 0.594. The van der Waals surface area contributed by atoms with Crippen LogP contribution in [0.15, 0.2) is 48.8 Å². The molecule has 1 aromatic carbocycles. The summed E-state index contributed by atoms with van der Waals surface area (Å²) in [6, 6.07) is 11.6. The lowest BCUT2D eigenvalue weighted by Gasteiger charge is -2.44. The standard InChI is InChI=1S/C26H31N3O5/c30-21-14-29(26(32)17-7-9-27-10-8-17)23-6-5-22(34-24(23)16-33-15-21)13-25(31)28-20-11-18-3-1-2-4-19(18)12-20/h1-4,7-10,20-24,30H,5-6,11-16H2,(H,28,31)/t21-,22-,23-,24+/m0/s1. The Morgan fingerprint density at radius 3 is 2.53 bits per heavy atom. The molecule has 2 aromatic rings. The van der Waals surface area contributed by atoms with Crippen LogP contribution in [0.4, 0.5) is 0 Å². The van der Waals surface area contributed by atoms with Crippen molar-refractivity contribution in [1.29, 1.82) is 0 Å². The number of pyridine rings is 1. The summed E-state index contributed by atoms with van der Waals surface area (Å²) in [5.41, 5.74) is 3.14. The van der Waals surface area contributed by atoms with Crippen molar-refractivity contribution >= 4 is 11.8 Å². The molecular formula is C26H31N3O5. The van der Waals surface area contributed by atoms with Crippen molar-refractivity contribution in [2.45, 2.75) is 62.5 Å². The highest BCUT2D eigenvalue weighted by Gasteiger charge is 2.40. The summed E-state index contributed by atoms with van der Waals surface area (Å²) < 4.78 is 12.0. The fraction of sp³-hybridized carbons (Fsp3) is 0.500. The minimum Gasteiger partial charge on any atom is -0.389 e. The molecule has 3 aliphatic rings. The molecule has 0 saturated carbocycles. The third-order valence-electron chi connectivity index (χ3n) is 7.00. The number of benzene rings is 1. The van der Waals surface area contributed by atoms with Crippen LogP contribution in [0, 0.1) is 0 Å². The first-order chi connectivity index (χ1) is 16.6. The summed E-state index contributed by atoms with van der Waals surface area (Å²) in [4.78, 5) is 31.7. The Morgan fingerprint density at radius 1 is 1.06 bits per heavy atom. The normalized spacial score (nSPS) is 27.3. The van der Waals surface area contributed by atoms with Crippen molar-refractivity contribution in [3.8, 4) is 0 Å². The number of aliphatic hydroxyl groups is 1. The number of fused-ring (bicyclic) bond motifs is 2. The molecule has 0 radical (unpaired) electrons. The van der Waals surface area contributed by atoms with E-state index in [9.17, 15) is 14.7 Å². The predicted octanol–water partition coefficient (Wildman–Crippen LogP) is 1.50. The second-order valence-electron chi connectivity index (χ2n) is 9.47. The third-order valence-corrected chi connectivity index (χ3v) is 7.00. The van der Waals surface area contributed by atoms with Gasteiger partial charge in [0.1, 0.15) is 6.10 Å². The van der Waals surface area contributed by atoms with Gasteiger partial charge in [-0.2, -0.15) is 0 Å². The lowest BCUT2D eigenvalue weighted by atomic mass is 9.94. The lowest BCUT2D eigenvalue weighted by molar-refractivity contribution is -0.151. The highest BCUT2D eigenvalue weighted by Crippen LogP contribution is 2.29. The van der Waals surface area contributed by atoms with E-state index in [0.717, 1.165) is 12.8 Å². The maximum absolute atomic E-state index is 13.2. The largest absolute Gasteiger partial charge is 0.389 e. The fourth-order valence-corrected chi connectivity index (χ4v) is 5.39. The molecule has 34 heavy (non-hydrogen) atoms. The number of carbonyl (C=O) groups excluding carboxylic acids is 2. The molecule has 2 aliphatic heterocycles. The molecule has 5 rings (SSSR count). The van der Waals surface area contributed by atoms with Gasteiger partial charge in [0.2, 0.25) is 5.91 Å². The molecule has 1 aliphatic carbocycles. The van der Waals surface area contributed by atoms with E-state index < -0.39 is 6.10 Å². The second kappa shape index (κ2) is 10.2. The van der Waals surface area contributed by atoms with Gasteiger partial charge in [0.25, 0.3) is 5.91 Å². The van der Waals surface area contributed by atoms with Crippen molar-refractivity contribution in [3.05, 3.63) is 65.5 Å². The van der Waals surface area contributed by atoms with E-state index >= 15 is 0 Å². The Kier molecular flexibility index (Phi) is 6.89. The molecule has 2 fully saturated rings. The van der Waals surface area contributed by atoms with Crippen molar-refractivity contribution in [3.63, 3.8) is 0 Å². The van der Waals surface area contributed by atoms with Gasteiger partial charge in [-0.05, 0) is 48.9 Å². The molecule has 2 N–H and O–H groups in total. The van der Waals surface area contributed by atoms with Crippen LogP contribution >= 0.6 is 0 Å². The minimum absolute atomic E-state index is 0.00633. The zero-order valence-electron chi connectivity index (χ0n) is 19.1. The van der Waals surface area contributed by atoms with Crippen LogP contribution in [-0.4, -0.2) is 77.0 Å². The molecular weight excluding hydrogens is 434 g/mol. The van der Waals surface area contributed by atoms with Gasteiger partial charge in [0.05, 0.1) is 37.9 Å². The molecule has 8 nitrogen and oxygen atoms in total. The van der Waals surface area contributed by atoms with Gasteiger partial charge >= 0.3 is 0 Å². The monoisotopic (exact) mass is 465 g/mol. The van der Waals surface area contributed by atoms with E-state index in [4.69, 9.17) is 9.47 Å². The number of ether oxygens (including phenoxy) is 2. The Hall–Kier alpha value is -2.81. The Labute approximate surface area is 199 Å². The number of hydrogen-bond donors (Lipinski definition) is 2. The maximum atomic E-state index is 13.2. The van der Waals surface area contributed by atoms with Gasteiger partial charge in [-0.1, -0.05) is 24.3 Å². The summed E-state index contributed by atoms with van der Waals surface area (Å²) in [5, 5.41) is 13.5. The van der Waals surface area contributed by atoms with Gasteiger partial charge < -0.3 is 24.8 Å². The van der Waals surface area contributed by atoms with E-state index in [-0.39, 0.29) is 62.3 Å². The summed E-state index contributed by atoms with van der Waals surface area (Å²) in [6.07, 6.45) is 5.20. The second-order valence-corrected chi connectivity index (χ2v) is 9.47. The molecule has 4 atom stereocenters. The first kappa shape index (κ1) is 23.0. The molecule has 8 heteroatoms. The maximum Gasteiger partial charge on any atom is 0.254 e. The molecule has 0 spiro atoms. The first-order valence-corrected chi connectivity index (χ1v) is 12.0. The van der Waals surface area contributed by atoms with Crippen molar-refractivity contribution in [2.75, 3.05) is 19.8 Å². The molecule has 3 heterocycles. The van der Waals surface area contributed by atoms with Crippen molar-refractivity contribution < 1.29 is 24.2 Å². The molecule has 1 aromatic heterocycles. The highest BCUT2D eigenvalue weighted by atomic mass is 16.5. The Bertz CT molecular complexity index is 992. The van der Waals surface area contributed by atoms with Crippen LogP contribution in [-0.2, 0) is 27.1 Å². The molecule has 2 amide bonds. The molecule has 0 bridgehead atoms. The number of hydrogen-bond acceptors (Lipinski definition) is 6. The average molecular weight is 466 g/mol. The Balaban J connectivity index is 1.20. The number of aromatic nitrogens is 1. The summed E-state index contributed by atoms with van der Waals surface area (Å²) in [7, 11) is 0. The van der Waals surface area contributed by atoms with Crippen molar-refractivity contribution in [1.82, 2.24) is 15.2 Å². The van der Waals surface area contributed by atoms with Crippen molar-refractivity contribution in [2.24, 2.45) is 0 Å². The summed E-state index contributed by atoms with van der Waals surface area (Å²) >= 11 is 0. The number of β-amino-alcohol motifs (C(OH)–C–C–N with tert-alkyl or cyclic N) is 1. The lowest BCUT2D eigenvalue weighted by Crippen LogP contribution is -2.57. The van der Waals surface area contributed by atoms with Gasteiger partial charge in [-0.15, -0.1) is 0 Å². The number of amides is 2. The third kappa shape index (κ3) is 5.14. The van der Waals surface area contributed by atoms with E-state index in [1.54, 1.807) is 29.4 Å². The Morgan fingerprint density at radius 2 is 1.79 bits per heavy atom. The number of nitrogens with one attached hydrogen (secondary N) is 1. The van der Waals surface area contributed by atoms with E-state index in [2.05, 4.69) is 22.4 Å². The van der Waals surface area contributed by atoms with Crippen LogP contribution in [0.1, 0.15) is 40.7 Å². The number of rotatable bonds is 4. The van der Waals surface area contributed by atoms with Crippen LogP contribution < -0.4 is 5.32 Å². The molecule has 2 saturated heterocycles.